The smallest absolute Gasteiger partial charge is 0.344 e. The molecule has 1 amide bonds. The van der Waals surface area contributed by atoms with Crippen molar-refractivity contribution < 1.29 is 19.1 Å². The molecule has 0 unspecified atom stereocenters. The lowest BCUT2D eigenvalue weighted by Crippen LogP contribution is -2.20. The summed E-state index contributed by atoms with van der Waals surface area (Å²) in [6.07, 6.45) is 6.53. The molecule has 0 atom stereocenters. The highest BCUT2D eigenvalue weighted by molar-refractivity contribution is 5.91. The van der Waals surface area contributed by atoms with Gasteiger partial charge < -0.3 is 14.8 Å². The maximum absolute atomic E-state index is 11.8. The number of aromatic nitrogens is 1. The first-order valence-corrected chi connectivity index (χ1v) is 7.90. The number of nitrogens with zero attached hydrogens (tertiary/aromatic N) is 1. The molecule has 0 saturated heterocycles. The topological polar surface area (TPSA) is 77.5 Å². The number of nitrogens with one attached hydrogen (secondary N) is 1. The van der Waals surface area contributed by atoms with Crippen molar-refractivity contribution in [3.05, 3.63) is 66.0 Å². The third-order valence-corrected chi connectivity index (χ3v) is 3.16. The Morgan fingerprint density at radius 3 is 2.68 bits per heavy atom. The Morgan fingerprint density at radius 2 is 2.00 bits per heavy atom. The molecule has 2 rings (SSSR count). The number of amides is 1. The van der Waals surface area contributed by atoms with Crippen LogP contribution in [0.1, 0.15) is 18.1 Å². The molecule has 0 aliphatic heterocycles. The minimum absolute atomic E-state index is 0.122. The van der Waals surface area contributed by atoms with Crippen LogP contribution in [0.5, 0.6) is 5.75 Å². The molecule has 130 valence electrons. The fraction of sp³-hybridized carbons (Fsp3) is 0.211. The predicted octanol–water partition coefficient (Wildman–Crippen LogP) is 2.35. The van der Waals surface area contributed by atoms with Gasteiger partial charge in [-0.2, -0.15) is 0 Å². The number of esters is 1. The molecule has 1 aromatic heterocycles. The first-order valence-electron chi connectivity index (χ1n) is 7.90. The van der Waals surface area contributed by atoms with Crippen molar-refractivity contribution in [1.82, 2.24) is 10.3 Å². The van der Waals surface area contributed by atoms with E-state index < -0.39 is 5.97 Å². The largest absolute Gasteiger partial charge is 0.482 e. The second-order valence-electron chi connectivity index (χ2n) is 5.08. The maximum atomic E-state index is 11.8. The summed E-state index contributed by atoms with van der Waals surface area (Å²) >= 11 is 0. The summed E-state index contributed by atoms with van der Waals surface area (Å²) in [5.41, 5.74) is 1.78. The molecule has 1 aromatic carbocycles. The van der Waals surface area contributed by atoms with Gasteiger partial charge in [-0.3, -0.25) is 9.78 Å². The average molecular weight is 340 g/mol. The minimum Gasteiger partial charge on any atom is -0.482 e. The van der Waals surface area contributed by atoms with Crippen LogP contribution in [0.4, 0.5) is 0 Å². The number of benzene rings is 1. The molecule has 0 aliphatic carbocycles. The highest BCUT2D eigenvalue weighted by Crippen LogP contribution is 2.12. The van der Waals surface area contributed by atoms with Gasteiger partial charge in [0, 0.05) is 25.0 Å². The number of rotatable bonds is 8. The zero-order valence-corrected chi connectivity index (χ0v) is 14.0. The van der Waals surface area contributed by atoms with E-state index in [0.717, 1.165) is 11.1 Å². The Morgan fingerprint density at radius 1 is 1.20 bits per heavy atom. The van der Waals surface area contributed by atoms with Crippen molar-refractivity contribution in [3.63, 3.8) is 0 Å². The van der Waals surface area contributed by atoms with Crippen LogP contribution in [0.2, 0.25) is 0 Å². The van der Waals surface area contributed by atoms with Crippen LogP contribution in [0.3, 0.4) is 0 Å². The number of pyridine rings is 1. The zero-order valence-electron chi connectivity index (χ0n) is 14.0. The summed E-state index contributed by atoms with van der Waals surface area (Å²) < 4.78 is 10.1. The lowest BCUT2D eigenvalue weighted by Gasteiger charge is -2.07. The zero-order chi connectivity index (χ0) is 17.9. The number of ether oxygens (including phenoxy) is 2. The Balaban J connectivity index is 1.76. The molecule has 25 heavy (non-hydrogen) atoms. The van der Waals surface area contributed by atoms with Gasteiger partial charge in [0.15, 0.2) is 6.61 Å². The first kappa shape index (κ1) is 18.2. The highest BCUT2D eigenvalue weighted by Gasteiger charge is 2.03. The Kier molecular flexibility index (Phi) is 7.18. The van der Waals surface area contributed by atoms with Gasteiger partial charge in [0.1, 0.15) is 5.75 Å². The van der Waals surface area contributed by atoms with Gasteiger partial charge in [-0.1, -0.05) is 18.2 Å². The van der Waals surface area contributed by atoms with Crippen LogP contribution < -0.4 is 10.1 Å². The summed E-state index contributed by atoms with van der Waals surface area (Å²) in [6.45, 7) is 2.35. The molecule has 1 heterocycles. The molecule has 0 saturated carbocycles. The van der Waals surface area contributed by atoms with E-state index in [1.165, 1.54) is 6.08 Å². The summed E-state index contributed by atoms with van der Waals surface area (Å²) in [5, 5.41) is 2.79. The maximum Gasteiger partial charge on any atom is 0.344 e. The van der Waals surface area contributed by atoms with Crippen molar-refractivity contribution in [2.24, 2.45) is 0 Å². The van der Waals surface area contributed by atoms with Gasteiger partial charge in [-0.15, -0.1) is 0 Å². The van der Waals surface area contributed by atoms with Gasteiger partial charge in [-0.25, -0.2) is 4.79 Å². The third kappa shape index (κ3) is 6.87. The predicted molar refractivity (Wildman–Crippen MR) is 93.7 cm³/mol. The number of hydrogen-bond acceptors (Lipinski definition) is 5. The summed E-state index contributed by atoms with van der Waals surface area (Å²) in [7, 11) is 0. The number of hydrogen-bond donors (Lipinski definition) is 1. The average Bonchev–Trinajstić information content (AvgIpc) is 2.65. The van der Waals surface area contributed by atoms with E-state index in [9.17, 15) is 9.59 Å². The molecular formula is C19H20N2O4. The van der Waals surface area contributed by atoms with Crippen LogP contribution in [-0.4, -0.2) is 30.1 Å². The standard InChI is InChI=1S/C19H20N2O4/c1-2-24-19(23)14-25-17-8-5-16(6-9-17)13-21-18(22)10-7-15-4-3-11-20-12-15/h3-12H,2,13-14H2,1H3,(H,21,22)/b10-7+. The second kappa shape index (κ2) is 9.87. The van der Waals surface area contributed by atoms with E-state index in [-0.39, 0.29) is 12.5 Å². The van der Waals surface area contributed by atoms with E-state index in [4.69, 9.17) is 9.47 Å². The van der Waals surface area contributed by atoms with Gasteiger partial charge in [0.25, 0.3) is 0 Å². The summed E-state index contributed by atoms with van der Waals surface area (Å²) in [5.74, 6) is -0.0228. The second-order valence-corrected chi connectivity index (χ2v) is 5.08. The van der Waals surface area contributed by atoms with Gasteiger partial charge >= 0.3 is 5.97 Å². The van der Waals surface area contributed by atoms with E-state index in [1.807, 2.05) is 24.3 Å². The monoisotopic (exact) mass is 340 g/mol. The van der Waals surface area contributed by atoms with Crippen LogP contribution in [0, 0.1) is 0 Å². The van der Waals surface area contributed by atoms with E-state index in [0.29, 0.717) is 18.9 Å². The quantitative estimate of drug-likeness (QED) is 0.589. The Labute approximate surface area is 146 Å². The fourth-order valence-electron chi connectivity index (χ4n) is 1.94. The summed E-state index contributed by atoms with van der Waals surface area (Å²) in [6, 6.07) is 10.8. The molecule has 1 N–H and O–H groups in total. The molecule has 6 nitrogen and oxygen atoms in total. The van der Waals surface area contributed by atoms with Crippen LogP contribution in [0.15, 0.2) is 54.9 Å². The molecule has 0 spiro atoms. The van der Waals surface area contributed by atoms with Gasteiger partial charge in [-0.05, 0) is 42.3 Å². The van der Waals surface area contributed by atoms with Crippen LogP contribution >= 0.6 is 0 Å². The first-order chi connectivity index (χ1) is 12.2. The van der Waals surface area contributed by atoms with Gasteiger partial charge in [0.05, 0.1) is 6.61 Å². The fourth-order valence-corrected chi connectivity index (χ4v) is 1.94. The van der Waals surface area contributed by atoms with Crippen molar-refractivity contribution >= 4 is 18.0 Å². The summed E-state index contributed by atoms with van der Waals surface area (Å²) in [4.78, 5) is 27.0. The van der Waals surface area contributed by atoms with E-state index in [2.05, 4.69) is 10.3 Å². The number of carbonyl (C=O) groups is 2. The van der Waals surface area contributed by atoms with Crippen molar-refractivity contribution in [2.45, 2.75) is 13.5 Å². The minimum atomic E-state index is -0.403. The highest BCUT2D eigenvalue weighted by atomic mass is 16.6. The van der Waals surface area contributed by atoms with E-state index >= 15 is 0 Å². The molecule has 6 heteroatoms. The van der Waals surface area contributed by atoms with Gasteiger partial charge in [0.2, 0.25) is 5.91 Å². The molecule has 0 radical (unpaired) electrons. The van der Waals surface area contributed by atoms with Crippen LogP contribution in [0.25, 0.3) is 6.08 Å². The lowest BCUT2D eigenvalue weighted by atomic mass is 10.2. The van der Waals surface area contributed by atoms with Crippen LogP contribution in [-0.2, 0) is 20.9 Å². The molecule has 2 aromatic rings. The molecule has 0 aliphatic rings. The van der Waals surface area contributed by atoms with Crippen molar-refractivity contribution in [1.29, 1.82) is 0 Å². The van der Waals surface area contributed by atoms with Crippen molar-refractivity contribution in [2.75, 3.05) is 13.2 Å². The Hall–Kier alpha value is -3.15. The third-order valence-electron chi connectivity index (χ3n) is 3.16. The molecule has 0 fully saturated rings. The molecule has 0 bridgehead atoms. The lowest BCUT2D eigenvalue weighted by molar-refractivity contribution is -0.145. The Bertz CT molecular complexity index is 712. The SMILES string of the molecule is CCOC(=O)COc1ccc(CNC(=O)/C=C/c2cccnc2)cc1. The molecular weight excluding hydrogens is 320 g/mol. The van der Waals surface area contributed by atoms with E-state index in [1.54, 1.807) is 37.5 Å². The van der Waals surface area contributed by atoms with Crippen molar-refractivity contribution in [3.8, 4) is 5.75 Å². The normalized spacial score (nSPS) is 10.4. The number of carbonyl (C=O) groups excluding carboxylic acids is 2.